The van der Waals surface area contributed by atoms with Gasteiger partial charge in [0, 0.05) is 18.4 Å². The number of aryl methyl sites for hydroxylation is 2. The number of rotatable bonds is 3. The molecule has 0 spiro atoms. The highest BCUT2D eigenvalue weighted by atomic mass is 16.1. The fourth-order valence-corrected chi connectivity index (χ4v) is 2.94. The summed E-state index contributed by atoms with van der Waals surface area (Å²) in [5.74, 6) is -0.0786. The Balaban J connectivity index is 1.99. The molecule has 0 saturated heterocycles. The average molecular weight is 286 g/mol. The maximum atomic E-state index is 12.2. The first-order valence-electron chi connectivity index (χ1n) is 7.94. The number of hydrogen-bond donors (Lipinski definition) is 1. The summed E-state index contributed by atoms with van der Waals surface area (Å²) in [6, 6.07) is 0. The zero-order valence-corrected chi connectivity index (χ0v) is 12.6. The van der Waals surface area contributed by atoms with Gasteiger partial charge in [-0.15, -0.1) is 0 Å². The van der Waals surface area contributed by atoms with Gasteiger partial charge in [-0.1, -0.05) is 19.8 Å². The van der Waals surface area contributed by atoms with Gasteiger partial charge in [0.05, 0.1) is 6.20 Å². The predicted molar refractivity (Wildman–Crippen MR) is 81.5 cm³/mol. The van der Waals surface area contributed by atoms with Gasteiger partial charge in [0.2, 0.25) is 0 Å². The van der Waals surface area contributed by atoms with Gasteiger partial charge in [0.1, 0.15) is 5.56 Å². The van der Waals surface area contributed by atoms with Crippen molar-refractivity contribution in [3.05, 3.63) is 29.2 Å². The highest BCUT2D eigenvalue weighted by Gasteiger charge is 2.18. The van der Waals surface area contributed by atoms with E-state index >= 15 is 0 Å². The van der Waals surface area contributed by atoms with Gasteiger partial charge >= 0.3 is 0 Å². The van der Waals surface area contributed by atoms with Crippen molar-refractivity contribution in [3.8, 4) is 0 Å². The molecule has 1 aliphatic carbocycles. The molecule has 21 heavy (non-hydrogen) atoms. The van der Waals surface area contributed by atoms with Gasteiger partial charge in [-0.05, 0) is 37.7 Å². The Morgan fingerprint density at radius 1 is 1.24 bits per heavy atom. The predicted octanol–water partition coefficient (Wildman–Crippen LogP) is 2.53. The van der Waals surface area contributed by atoms with Crippen LogP contribution in [0, 0.1) is 0 Å². The first-order chi connectivity index (χ1) is 10.3. The SMILES string of the molecule is CCCNC(=O)c1cnn2c3c(cnc12)CCCCCC3. The number of aromatic nitrogens is 3. The maximum Gasteiger partial charge on any atom is 0.256 e. The second-order valence-corrected chi connectivity index (χ2v) is 5.69. The van der Waals surface area contributed by atoms with Gasteiger partial charge < -0.3 is 5.32 Å². The van der Waals surface area contributed by atoms with E-state index in [9.17, 15) is 4.79 Å². The van der Waals surface area contributed by atoms with E-state index in [0.717, 1.165) is 19.3 Å². The Morgan fingerprint density at radius 3 is 2.86 bits per heavy atom. The number of hydrogen-bond acceptors (Lipinski definition) is 3. The number of nitrogens with zero attached hydrogens (tertiary/aromatic N) is 3. The maximum absolute atomic E-state index is 12.2. The van der Waals surface area contributed by atoms with Gasteiger partial charge in [0.15, 0.2) is 5.65 Å². The minimum atomic E-state index is -0.0786. The van der Waals surface area contributed by atoms with Crippen LogP contribution in [-0.4, -0.2) is 27.0 Å². The van der Waals surface area contributed by atoms with E-state index in [0.29, 0.717) is 17.8 Å². The summed E-state index contributed by atoms with van der Waals surface area (Å²) in [4.78, 5) is 16.7. The Labute approximate surface area is 124 Å². The van der Waals surface area contributed by atoms with Crippen molar-refractivity contribution in [2.45, 2.75) is 51.9 Å². The second-order valence-electron chi connectivity index (χ2n) is 5.69. The minimum Gasteiger partial charge on any atom is -0.352 e. The Hall–Kier alpha value is -1.91. The second kappa shape index (κ2) is 6.24. The number of fused-ring (bicyclic) bond motifs is 3. The number of carbonyl (C=O) groups is 1. The highest BCUT2D eigenvalue weighted by Crippen LogP contribution is 2.21. The molecular formula is C16H22N4O. The first kappa shape index (κ1) is 14.0. The number of amides is 1. The van der Waals surface area contributed by atoms with Crippen LogP contribution < -0.4 is 5.32 Å². The number of nitrogens with one attached hydrogen (secondary N) is 1. The summed E-state index contributed by atoms with van der Waals surface area (Å²) in [5, 5.41) is 7.32. The molecule has 0 bridgehead atoms. The topological polar surface area (TPSA) is 59.3 Å². The summed E-state index contributed by atoms with van der Waals surface area (Å²) < 4.78 is 1.88. The molecule has 3 rings (SSSR count). The van der Waals surface area contributed by atoms with Crippen molar-refractivity contribution in [2.75, 3.05) is 6.54 Å². The highest BCUT2D eigenvalue weighted by molar-refractivity contribution is 5.99. The van der Waals surface area contributed by atoms with Crippen LogP contribution in [0.2, 0.25) is 0 Å². The molecule has 0 aromatic carbocycles. The standard InChI is InChI=1S/C16H22N4O/c1-2-9-17-16(21)13-11-19-20-14-8-6-4-3-5-7-12(14)10-18-15(13)20/h10-11H,2-9H2,1H3,(H,17,21). The molecule has 0 aliphatic heterocycles. The Kier molecular flexibility index (Phi) is 4.18. The summed E-state index contributed by atoms with van der Waals surface area (Å²) in [5.41, 5.74) is 3.77. The van der Waals surface area contributed by atoms with E-state index in [1.54, 1.807) is 6.20 Å². The molecule has 0 unspecified atom stereocenters. The molecule has 2 aromatic rings. The summed E-state index contributed by atoms with van der Waals surface area (Å²) in [6.45, 7) is 2.72. The summed E-state index contributed by atoms with van der Waals surface area (Å²) in [6.07, 6.45) is 11.6. The lowest BCUT2D eigenvalue weighted by atomic mass is 9.98. The van der Waals surface area contributed by atoms with Gasteiger partial charge in [-0.3, -0.25) is 4.79 Å². The van der Waals surface area contributed by atoms with Crippen LogP contribution >= 0.6 is 0 Å². The van der Waals surface area contributed by atoms with Crippen molar-refractivity contribution in [3.63, 3.8) is 0 Å². The molecule has 1 N–H and O–H groups in total. The molecule has 112 valence electrons. The lowest BCUT2D eigenvalue weighted by Crippen LogP contribution is -2.24. The van der Waals surface area contributed by atoms with Crippen LogP contribution in [0.15, 0.2) is 12.4 Å². The molecule has 0 saturated carbocycles. The minimum absolute atomic E-state index is 0.0786. The van der Waals surface area contributed by atoms with Crippen molar-refractivity contribution in [1.29, 1.82) is 0 Å². The molecule has 2 aromatic heterocycles. The molecular weight excluding hydrogens is 264 g/mol. The van der Waals surface area contributed by atoms with Crippen LogP contribution in [0.3, 0.4) is 0 Å². The lowest BCUT2D eigenvalue weighted by molar-refractivity contribution is 0.0955. The van der Waals surface area contributed by atoms with E-state index < -0.39 is 0 Å². The Morgan fingerprint density at radius 2 is 2.05 bits per heavy atom. The Bertz CT molecular complexity index is 647. The van der Waals surface area contributed by atoms with E-state index in [1.165, 1.54) is 36.9 Å². The normalized spacial score (nSPS) is 15.3. The fourth-order valence-electron chi connectivity index (χ4n) is 2.94. The van der Waals surface area contributed by atoms with Crippen molar-refractivity contribution in [1.82, 2.24) is 19.9 Å². The van der Waals surface area contributed by atoms with Crippen LogP contribution in [0.25, 0.3) is 5.65 Å². The van der Waals surface area contributed by atoms with Crippen molar-refractivity contribution in [2.24, 2.45) is 0 Å². The monoisotopic (exact) mass is 286 g/mol. The van der Waals surface area contributed by atoms with Crippen molar-refractivity contribution < 1.29 is 4.79 Å². The molecule has 5 nitrogen and oxygen atoms in total. The summed E-state index contributed by atoms with van der Waals surface area (Å²) >= 11 is 0. The molecule has 2 heterocycles. The van der Waals surface area contributed by atoms with Crippen LogP contribution in [-0.2, 0) is 12.8 Å². The first-order valence-corrected chi connectivity index (χ1v) is 7.94. The van der Waals surface area contributed by atoms with E-state index in [2.05, 4.69) is 15.4 Å². The molecule has 0 atom stereocenters. The van der Waals surface area contributed by atoms with Crippen LogP contribution in [0.5, 0.6) is 0 Å². The van der Waals surface area contributed by atoms with Crippen LogP contribution in [0.1, 0.15) is 60.6 Å². The third-order valence-corrected chi connectivity index (χ3v) is 4.10. The molecule has 0 fully saturated rings. The van der Waals surface area contributed by atoms with E-state index in [1.807, 2.05) is 17.6 Å². The van der Waals surface area contributed by atoms with Gasteiger partial charge in [-0.2, -0.15) is 5.10 Å². The summed E-state index contributed by atoms with van der Waals surface area (Å²) in [7, 11) is 0. The molecule has 0 radical (unpaired) electrons. The fraction of sp³-hybridized carbons (Fsp3) is 0.562. The van der Waals surface area contributed by atoms with E-state index in [4.69, 9.17) is 0 Å². The quantitative estimate of drug-likeness (QED) is 0.943. The number of carbonyl (C=O) groups excluding carboxylic acids is 1. The largest absolute Gasteiger partial charge is 0.352 e. The molecule has 5 heteroatoms. The van der Waals surface area contributed by atoms with Crippen molar-refractivity contribution >= 4 is 11.6 Å². The zero-order chi connectivity index (χ0) is 14.7. The lowest BCUT2D eigenvalue weighted by Gasteiger charge is -2.14. The zero-order valence-electron chi connectivity index (χ0n) is 12.6. The third kappa shape index (κ3) is 2.77. The third-order valence-electron chi connectivity index (χ3n) is 4.10. The van der Waals surface area contributed by atoms with E-state index in [-0.39, 0.29) is 5.91 Å². The van der Waals surface area contributed by atoms with Crippen LogP contribution in [0.4, 0.5) is 0 Å². The average Bonchev–Trinajstić information content (AvgIpc) is 2.89. The van der Waals surface area contributed by atoms with Gasteiger partial charge in [-0.25, -0.2) is 9.50 Å². The smallest absolute Gasteiger partial charge is 0.256 e. The van der Waals surface area contributed by atoms with Gasteiger partial charge in [0.25, 0.3) is 5.91 Å². The molecule has 1 aliphatic rings. The molecule has 1 amide bonds.